The van der Waals surface area contributed by atoms with Gasteiger partial charge in [-0.15, -0.1) is 0 Å². The molecule has 0 saturated carbocycles. The van der Waals surface area contributed by atoms with E-state index in [0.717, 1.165) is 0 Å². The number of aromatic hydroxyl groups is 1. The first-order valence-electron chi connectivity index (χ1n) is 6.24. The lowest BCUT2D eigenvalue weighted by molar-refractivity contribution is 0.0473. The number of esters is 1. The fourth-order valence-electron chi connectivity index (χ4n) is 1.80. The van der Waals surface area contributed by atoms with Gasteiger partial charge in [-0.3, -0.25) is 4.79 Å². The van der Waals surface area contributed by atoms with Gasteiger partial charge in [0.2, 0.25) is 5.78 Å². The van der Waals surface area contributed by atoms with Crippen LogP contribution < -0.4 is 4.74 Å². The van der Waals surface area contributed by atoms with Crippen molar-refractivity contribution in [1.29, 1.82) is 0 Å². The summed E-state index contributed by atoms with van der Waals surface area (Å²) in [6.07, 6.45) is 0. The molecule has 0 aliphatic carbocycles. The van der Waals surface area contributed by atoms with Crippen LogP contribution in [0.2, 0.25) is 0 Å². The molecule has 1 N–H and O–H groups in total. The maximum Gasteiger partial charge on any atom is 0.338 e. The van der Waals surface area contributed by atoms with E-state index in [2.05, 4.69) is 0 Å². The van der Waals surface area contributed by atoms with Crippen molar-refractivity contribution < 1.29 is 24.2 Å². The van der Waals surface area contributed by atoms with Gasteiger partial charge in [-0.1, -0.05) is 18.2 Å². The van der Waals surface area contributed by atoms with Crippen LogP contribution in [0.1, 0.15) is 20.7 Å². The molecule has 0 aromatic heterocycles. The van der Waals surface area contributed by atoms with Crippen molar-refractivity contribution in [2.24, 2.45) is 0 Å². The first kappa shape index (κ1) is 14.6. The van der Waals surface area contributed by atoms with Crippen molar-refractivity contribution in [1.82, 2.24) is 0 Å². The molecule has 0 unspecified atom stereocenters. The molecule has 21 heavy (non-hydrogen) atoms. The Bertz CT molecular complexity index is 663. The number of hydrogen-bond donors (Lipinski definition) is 1. The van der Waals surface area contributed by atoms with Crippen LogP contribution in [0, 0.1) is 0 Å². The predicted octanol–water partition coefficient (Wildman–Crippen LogP) is 2.44. The van der Waals surface area contributed by atoms with E-state index in [9.17, 15) is 14.7 Å². The SMILES string of the molecule is COc1ccccc1C(=O)COC(=O)c1cccc(O)c1. The van der Waals surface area contributed by atoms with Gasteiger partial charge >= 0.3 is 5.97 Å². The zero-order chi connectivity index (χ0) is 15.2. The number of hydrogen-bond acceptors (Lipinski definition) is 5. The standard InChI is InChI=1S/C16H14O5/c1-20-15-8-3-2-7-13(15)14(18)10-21-16(19)11-5-4-6-12(17)9-11/h2-9,17H,10H2,1H3. The first-order chi connectivity index (χ1) is 10.1. The predicted molar refractivity (Wildman–Crippen MR) is 75.7 cm³/mol. The number of carbonyl (C=O) groups is 2. The van der Waals surface area contributed by atoms with Gasteiger partial charge in [0.1, 0.15) is 11.5 Å². The molecule has 0 aliphatic heterocycles. The Morgan fingerprint density at radius 2 is 1.86 bits per heavy atom. The fourth-order valence-corrected chi connectivity index (χ4v) is 1.80. The Morgan fingerprint density at radius 1 is 1.10 bits per heavy atom. The number of benzene rings is 2. The average Bonchev–Trinajstić information content (AvgIpc) is 2.52. The molecule has 0 saturated heterocycles. The molecular formula is C16H14O5. The number of rotatable bonds is 5. The number of ether oxygens (including phenoxy) is 2. The van der Waals surface area contributed by atoms with Gasteiger partial charge in [-0.2, -0.15) is 0 Å². The van der Waals surface area contributed by atoms with E-state index in [-0.39, 0.29) is 17.1 Å². The van der Waals surface area contributed by atoms with Crippen molar-refractivity contribution in [2.45, 2.75) is 0 Å². The number of carbonyl (C=O) groups excluding carboxylic acids is 2. The summed E-state index contributed by atoms with van der Waals surface area (Å²) in [5.41, 5.74) is 0.534. The quantitative estimate of drug-likeness (QED) is 0.675. The summed E-state index contributed by atoms with van der Waals surface area (Å²) in [6.45, 7) is -0.394. The van der Waals surface area contributed by atoms with E-state index in [4.69, 9.17) is 9.47 Å². The molecule has 0 fully saturated rings. The molecule has 0 radical (unpaired) electrons. The molecule has 5 heteroatoms. The summed E-state index contributed by atoms with van der Waals surface area (Å²) in [5.74, 6) is -0.647. The minimum absolute atomic E-state index is 0.0412. The highest BCUT2D eigenvalue weighted by atomic mass is 16.5. The van der Waals surface area contributed by atoms with Gasteiger partial charge in [-0.05, 0) is 30.3 Å². The third-order valence-electron chi connectivity index (χ3n) is 2.82. The van der Waals surface area contributed by atoms with Crippen molar-refractivity contribution in [3.05, 3.63) is 59.7 Å². The molecular weight excluding hydrogens is 272 g/mol. The largest absolute Gasteiger partial charge is 0.508 e. The second-order valence-electron chi connectivity index (χ2n) is 4.25. The van der Waals surface area contributed by atoms with Gasteiger partial charge in [-0.25, -0.2) is 4.79 Å². The maximum absolute atomic E-state index is 12.0. The van der Waals surface area contributed by atoms with Crippen LogP contribution in [0.15, 0.2) is 48.5 Å². The number of phenolic OH excluding ortho intramolecular Hbond substituents is 1. The van der Waals surface area contributed by atoms with Crippen LogP contribution in [0.3, 0.4) is 0 Å². The first-order valence-corrected chi connectivity index (χ1v) is 6.24. The van der Waals surface area contributed by atoms with E-state index in [0.29, 0.717) is 11.3 Å². The second-order valence-corrected chi connectivity index (χ2v) is 4.25. The van der Waals surface area contributed by atoms with Crippen LogP contribution in [0.4, 0.5) is 0 Å². The molecule has 0 spiro atoms. The Hall–Kier alpha value is -2.82. The normalized spacial score (nSPS) is 9.95. The van der Waals surface area contributed by atoms with Gasteiger partial charge in [0, 0.05) is 0 Å². The van der Waals surface area contributed by atoms with Crippen molar-refractivity contribution in [2.75, 3.05) is 13.7 Å². The fraction of sp³-hybridized carbons (Fsp3) is 0.125. The minimum atomic E-state index is -0.672. The number of para-hydroxylation sites is 1. The van der Waals surface area contributed by atoms with E-state index in [1.807, 2.05) is 0 Å². The van der Waals surface area contributed by atoms with E-state index in [1.165, 1.54) is 31.4 Å². The van der Waals surface area contributed by atoms with Crippen LogP contribution in [0.5, 0.6) is 11.5 Å². The number of Topliss-reactive ketones (excluding diaryl/α,β-unsaturated/α-hetero) is 1. The summed E-state index contributed by atoms with van der Waals surface area (Å²) < 4.78 is 10.0. The maximum atomic E-state index is 12.0. The van der Waals surface area contributed by atoms with Gasteiger partial charge in [0.15, 0.2) is 6.61 Å². The molecule has 108 valence electrons. The second kappa shape index (κ2) is 6.56. The zero-order valence-electron chi connectivity index (χ0n) is 11.4. The number of methoxy groups -OCH3 is 1. The molecule has 2 aromatic carbocycles. The molecule has 5 nitrogen and oxygen atoms in total. The lowest BCUT2D eigenvalue weighted by Crippen LogP contribution is -2.15. The summed E-state index contributed by atoms with van der Waals surface area (Å²) in [4.78, 5) is 23.8. The zero-order valence-corrected chi connectivity index (χ0v) is 11.4. The average molecular weight is 286 g/mol. The molecule has 2 aromatic rings. The van der Waals surface area contributed by atoms with Gasteiger partial charge in [0.25, 0.3) is 0 Å². The van der Waals surface area contributed by atoms with Crippen LogP contribution in [0.25, 0.3) is 0 Å². The Morgan fingerprint density at radius 3 is 2.57 bits per heavy atom. The van der Waals surface area contributed by atoms with E-state index in [1.54, 1.807) is 24.3 Å². The highest BCUT2D eigenvalue weighted by Crippen LogP contribution is 2.18. The van der Waals surface area contributed by atoms with Crippen molar-refractivity contribution in [3.8, 4) is 11.5 Å². The van der Waals surface area contributed by atoms with Crippen molar-refractivity contribution >= 4 is 11.8 Å². The van der Waals surface area contributed by atoms with Crippen LogP contribution in [-0.4, -0.2) is 30.6 Å². The third kappa shape index (κ3) is 3.60. The monoisotopic (exact) mass is 286 g/mol. The van der Waals surface area contributed by atoms with E-state index >= 15 is 0 Å². The molecule has 0 amide bonds. The summed E-state index contributed by atoms with van der Waals surface area (Å²) in [6, 6.07) is 12.4. The molecule has 2 rings (SSSR count). The van der Waals surface area contributed by atoms with Crippen LogP contribution in [-0.2, 0) is 4.74 Å². The van der Waals surface area contributed by atoms with Crippen molar-refractivity contribution in [3.63, 3.8) is 0 Å². The Balaban J connectivity index is 2.02. The highest BCUT2D eigenvalue weighted by Gasteiger charge is 2.15. The third-order valence-corrected chi connectivity index (χ3v) is 2.82. The lowest BCUT2D eigenvalue weighted by atomic mass is 10.1. The molecule has 0 bridgehead atoms. The van der Waals surface area contributed by atoms with Crippen LogP contribution >= 0.6 is 0 Å². The lowest BCUT2D eigenvalue weighted by Gasteiger charge is -2.08. The molecule has 0 heterocycles. The Kier molecular flexibility index (Phi) is 4.56. The number of ketones is 1. The molecule has 0 atom stereocenters. The summed E-state index contributed by atoms with van der Waals surface area (Å²) in [5, 5.41) is 9.29. The minimum Gasteiger partial charge on any atom is -0.508 e. The topological polar surface area (TPSA) is 72.8 Å². The molecule has 0 aliphatic rings. The van der Waals surface area contributed by atoms with Gasteiger partial charge < -0.3 is 14.6 Å². The number of phenols is 1. The smallest absolute Gasteiger partial charge is 0.338 e. The summed E-state index contributed by atoms with van der Waals surface area (Å²) in [7, 11) is 1.46. The summed E-state index contributed by atoms with van der Waals surface area (Å²) >= 11 is 0. The van der Waals surface area contributed by atoms with Gasteiger partial charge in [0.05, 0.1) is 18.2 Å². The van der Waals surface area contributed by atoms with E-state index < -0.39 is 12.6 Å². The highest BCUT2D eigenvalue weighted by molar-refractivity contribution is 6.01. The Labute approximate surface area is 121 Å².